The molecular formula is C19H21N7O6. The average molecular weight is 443 g/mol. The molecule has 13 heteroatoms. The Balaban J connectivity index is 2.59. The lowest BCUT2D eigenvalue weighted by Gasteiger charge is -2.23. The van der Waals surface area contributed by atoms with Crippen LogP contribution in [0, 0.1) is 10.1 Å². The Morgan fingerprint density at radius 2 is 1.25 bits per heavy atom. The molecule has 0 aliphatic rings. The summed E-state index contributed by atoms with van der Waals surface area (Å²) in [5.41, 5.74) is 8.74. The molecule has 0 aliphatic heterocycles. The zero-order valence-corrected chi connectivity index (χ0v) is 17.7. The van der Waals surface area contributed by atoms with E-state index in [0.29, 0.717) is 0 Å². The van der Waals surface area contributed by atoms with Gasteiger partial charge in [-0.05, 0) is 5.56 Å². The van der Waals surface area contributed by atoms with Crippen molar-refractivity contribution in [2.24, 2.45) is 28.2 Å². The molecule has 0 fully saturated rings. The lowest BCUT2D eigenvalue weighted by molar-refractivity contribution is -0.384. The molecule has 2 heterocycles. The highest BCUT2D eigenvalue weighted by Crippen LogP contribution is 2.34. The van der Waals surface area contributed by atoms with Gasteiger partial charge in [0.25, 0.3) is 16.8 Å². The highest BCUT2D eigenvalue weighted by atomic mass is 16.6. The number of nitrogens with two attached hydrogens (primary N) is 2. The van der Waals surface area contributed by atoms with Gasteiger partial charge in [-0.25, -0.2) is 9.59 Å². The molecule has 0 radical (unpaired) electrons. The summed E-state index contributed by atoms with van der Waals surface area (Å²) in [6, 6.07) is 5.26. The number of nitro benzene ring substituents is 1. The monoisotopic (exact) mass is 443 g/mol. The molecule has 13 nitrogen and oxygen atoms in total. The summed E-state index contributed by atoms with van der Waals surface area (Å²) in [6.07, 6.45) is 0. The maximum atomic E-state index is 13.1. The normalized spacial score (nSPS) is 11.2. The van der Waals surface area contributed by atoms with E-state index in [1.54, 1.807) is 0 Å². The molecule has 0 spiro atoms. The Morgan fingerprint density at radius 3 is 1.66 bits per heavy atom. The van der Waals surface area contributed by atoms with Gasteiger partial charge in [-0.1, -0.05) is 12.1 Å². The molecule has 168 valence electrons. The van der Waals surface area contributed by atoms with Crippen LogP contribution in [0.25, 0.3) is 0 Å². The van der Waals surface area contributed by atoms with Gasteiger partial charge in [-0.2, -0.15) is 0 Å². The van der Waals surface area contributed by atoms with E-state index in [4.69, 9.17) is 11.5 Å². The average Bonchev–Trinajstić information content (AvgIpc) is 2.78. The second-order valence-corrected chi connectivity index (χ2v) is 7.29. The maximum absolute atomic E-state index is 13.1. The quantitative estimate of drug-likeness (QED) is 0.369. The third-order valence-corrected chi connectivity index (χ3v) is 5.48. The van der Waals surface area contributed by atoms with Crippen LogP contribution in [0.5, 0.6) is 0 Å². The van der Waals surface area contributed by atoms with E-state index in [2.05, 4.69) is 0 Å². The van der Waals surface area contributed by atoms with Crippen LogP contribution >= 0.6 is 0 Å². The summed E-state index contributed by atoms with van der Waals surface area (Å²) in [5, 5.41) is 11.4. The molecule has 4 N–H and O–H groups in total. The lowest BCUT2D eigenvalue weighted by Crippen LogP contribution is -2.44. The van der Waals surface area contributed by atoms with Gasteiger partial charge in [0.05, 0.1) is 22.0 Å². The Hall–Kier alpha value is -4.42. The Labute approximate surface area is 179 Å². The summed E-state index contributed by atoms with van der Waals surface area (Å²) in [5.74, 6) is -1.79. The molecule has 3 rings (SSSR count). The smallest absolute Gasteiger partial charge is 0.332 e. The number of nitrogens with zero attached hydrogens (tertiary/aromatic N) is 5. The van der Waals surface area contributed by atoms with E-state index < -0.39 is 33.3 Å². The van der Waals surface area contributed by atoms with E-state index in [1.807, 2.05) is 0 Å². The molecule has 0 unspecified atom stereocenters. The highest BCUT2D eigenvalue weighted by molar-refractivity contribution is 5.58. The van der Waals surface area contributed by atoms with Crippen LogP contribution in [0.4, 0.5) is 17.3 Å². The molecule has 0 saturated heterocycles. The van der Waals surface area contributed by atoms with Crippen molar-refractivity contribution in [2.45, 2.75) is 5.92 Å². The number of hydrogen-bond acceptors (Lipinski definition) is 8. The van der Waals surface area contributed by atoms with Crippen molar-refractivity contribution in [2.75, 3.05) is 11.5 Å². The standard InChI is InChI=1S/C19H21N7O6/c1-22-14(20)12(16(27)24(3)18(22)29)11(9-6-5-7-10(8-9)26(31)32)13-15(21)23(2)19(30)25(4)17(13)28/h5-8,11H,20-21H2,1-4H3. The Bertz CT molecular complexity index is 1420. The first-order chi connectivity index (χ1) is 14.9. The Morgan fingerprint density at radius 1 is 0.812 bits per heavy atom. The fourth-order valence-corrected chi connectivity index (χ4v) is 3.61. The SMILES string of the molecule is Cn1c(N)c(C(c2cccc([N+](=O)[O-])c2)c2c(N)n(C)c(=O)n(C)c2=O)c(=O)n(C)c1=O. The minimum Gasteiger partial charge on any atom is -0.385 e. The molecule has 1 aromatic carbocycles. The Kier molecular flexibility index (Phi) is 5.35. The van der Waals surface area contributed by atoms with Gasteiger partial charge in [-0.15, -0.1) is 0 Å². The van der Waals surface area contributed by atoms with Gasteiger partial charge in [-0.3, -0.25) is 38.0 Å². The van der Waals surface area contributed by atoms with Crippen LogP contribution in [0.1, 0.15) is 22.6 Å². The second-order valence-electron chi connectivity index (χ2n) is 7.29. The molecule has 0 aliphatic carbocycles. The zero-order valence-electron chi connectivity index (χ0n) is 17.7. The number of non-ortho nitro benzene ring substituents is 1. The minimum absolute atomic E-state index is 0.157. The third kappa shape index (κ3) is 3.19. The van der Waals surface area contributed by atoms with E-state index in [0.717, 1.165) is 18.3 Å². The van der Waals surface area contributed by atoms with Crippen molar-refractivity contribution in [3.63, 3.8) is 0 Å². The van der Waals surface area contributed by atoms with Crippen molar-refractivity contribution in [1.29, 1.82) is 0 Å². The largest absolute Gasteiger partial charge is 0.385 e. The number of rotatable bonds is 4. The number of hydrogen-bond donors (Lipinski definition) is 2. The van der Waals surface area contributed by atoms with E-state index >= 15 is 0 Å². The molecule has 0 bridgehead atoms. The van der Waals surface area contributed by atoms with Crippen molar-refractivity contribution < 1.29 is 4.92 Å². The van der Waals surface area contributed by atoms with Crippen LogP contribution in [-0.2, 0) is 28.2 Å². The molecule has 0 atom stereocenters. The second kappa shape index (κ2) is 7.68. The first kappa shape index (κ1) is 22.3. The lowest BCUT2D eigenvalue weighted by atomic mass is 9.86. The predicted octanol–water partition coefficient (Wildman–Crippen LogP) is -1.27. The topological polar surface area (TPSA) is 183 Å². The fourth-order valence-electron chi connectivity index (χ4n) is 3.61. The number of aromatic nitrogens is 4. The van der Waals surface area contributed by atoms with E-state index in [9.17, 15) is 29.3 Å². The summed E-state index contributed by atoms with van der Waals surface area (Å²) in [7, 11) is 5.15. The van der Waals surface area contributed by atoms with E-state index in [-0.39, 0.29) is 34.0 Å². The van der Waals surface area contributed by atoms with Crippen LogP contribution in [0.3, 0.4) is 0 Å². The zero-order chi connectivity index (χ0) is 24.1. The number of benzene rings is 1. The predicted molar refractivity (Wildman–Crippen MR) is 117 cm³/mol. The summed E-state index contributed by atoms with van der Waals surface area (Å²) >= 11 is 0. The van der Waals surface area contributed by atoms with E-state index in [1.165, 1.54) is 52.5 Å². The van der Waals surface area contributed by atoms with Crippen molar-refractivity contribution in [1.82, 2.24) is 18.3 Å². The molecule has 2 aromatic heterocycles. The molecule has 0 amide bonds. The van der Waals surface area contributed by atoms with Crippen molar-refractivity contribution >= 4 is 17.3 Å². The van der Waals surface area contributed by atoms with Gasteiger partial charge in [0, 0.05) is 40.3 Å². The molecule has 0 saturated carbocycles. The van der Waals surface area contributed by atoms with Gasteiger partial charge < -0.3 is 11.5 Å². The number of nitro groups is 1. The molecule has 32 heavy (non-hydrogen) atoms. The van der Waals surface area contributed by atoms with Gasteiger partial charge in [0.2, 0.25) is 0 Å². The number of nitrogen functional groups attached to an aromatic ring is 2. The molecular weight excluding hydrogens is 422 g/mol. The summed E-state index contributed by atoms with van der Waals surface area (Å²) in [4.78, 5) is 61.6. The summed E-state index contributed by atoms with van der Waals surface area (Å²) < 4.78 is 3.64. The van der Waals surface area contributed by atoms with Crippen LogP contribution in [0.15, 0.2) is 43.4 Å². The van der Waals surface area contributed by atoms with Crippen LogP contribution < -0.4 is 34.0 Å². The first-order valence-electron chi connectivity index (χ1n) is 9.25. The van der Waals surface area contributed by atoms with Crippen molar-refractivity contribution in [3.05, 3.63) is 92.7 Å². The fraction of sp³-hybridized carbons (Fsp3) is 0.263. The van der Waals surface area contributed by atoms with Crippen molar-refractivity contribution in [3.8, 4) is 0 Å². The maximum Gasteiger partial charge on any atom is 0.332 e. The highest BCUT2D eigenvalue weighted by Gasteiger charge is 2.32. The minimum atomic E-state index is -1.30. The molecule has 3 aromatic rings. The van der Waals surface area contributed by atoms with Crippen LogP contribution in [0.2, 0.25) is 0 Å². The van der Waals surface area contributed by atoms with Gasteiger partial charge >= 0.3 is 11.4 Å². The third-order valence-electron chi connectivity index (χ3n) is 5.48. The first-order valence-corrected chi connectivity index (χ1v) is 9.25. The van der Waals surface area contributed by atoms with Gasteiger partial charge in [0.15, 0.2) is 0 Å². The number of anilines is 2. The summed E-state index contributed by atoms with van der Waals surface area (Å²) in [6.45, 7) is 0. The van der Waals surface area contributed by atoms with Gasteiger partial charge in [0.1, 0.15) is 11.6 Å². The van der Waals surface area contributed by atoms with Crippen LogP contribution in [-0.4, -0.2) is 23.2 Å².